The van der Waals surface area contributed by atoms with Crippen molar-refractivity contribution < 1.29 is 4.79 Å². The third kappa shape index (κ3) is 9.67. The van der Waals surface area contributed by atoms with Crippen LogP contribution in [0.4, 0.5) is 0 Å². The number of carbonyl (C=O) groups excluding carboxylic acids is 1. The van der Waals surface area contributed by atoms with Crippen molar-refractivity contribution in [3.05, 3.63) is 0 Å². The Kier molecular flexibility index (Phi) is 8.67. The molecular formula is C11H24O. The highest BCUT2D eigenvalue weighted by Gasteiger charge is 2.16. The Morgan fingerprint density at radius 1 is 1.25 bits per heavy atom. The Hall–Kier alpha value is -0.330. The average Bonchev–Trinajstić information content (AvgIpc) is 2.02. The van der Waals surface area contributed by atoms with Crippen LogP contribution in [0.2, 0.25) is 0 Å². The maximum absolute atomic E-state index is 9.17. The quantitative estimate of drug-likeness (QED) is 0.581. The molecule has 0 fully saturated rings. The van der Waals surface area contributed by atoms with Gasteiger partial charge in [0, 0.05) is 6.42 Å². The average molecular weight is 172 g/mol. The van der Waals surface area contributed by atoms with E-state index in [0.29, 0.717) is 11.8 Å². The zero-order valence-electron chi connectivity index (χ0n) is 9.48. The van der Waals surface area contributed by atoms with Crippen molar-refractivity contribution in [1.29, 1.82) is 0 Å². The third-order valence-corrected chi connectivity index (χ3v) is 2.26. The van der Waals surface area contributed by atoms with Gasteiger partial charge in [0.05, 0.1) is 0 Å². The minimum absolute atomic E-state index is 0.509. The van der Waals surface area contributed by atoms with Gasteiger partial charge in [0.1, 0.15) is 6.29 Å². The molecule has 0 saturated carbocycles. The fraction of sp³-hybridized carbons (Fsp3) is 0.909. The molecule has 1 unspecified atom stereocenters. The minimum Gasteiger partial charge on any atom is -0.303 e. The molecule has 0 bridgehead atoms. The molecule has 0 aromatic carbocycles. The summed E-state index contributed by atoms with van der Waals surface area (Å²) in [5, 5.41) is 0. The maximum atomic E-state index is 9.17. The first-order chi connectivity index (χ1) is 5.40. The number of aldehydes is 1. The molecule has 1 atom stereocenters. The first kappa shape index (κ1) is 14.2. The van der Waals surface area contributed by atoms with E-state index in [1.54, 1.807) is 0 Å². The Morgan fingerprint density at radius 3 is 1.58 bits per heavy atom. The Morgan fingerprint density at radius 2 is 1.58 bits per heavy atom. The van der Waals surface area contributed by atoms with Crippen molar-refractivity contribution in [1.82, 2.24) is 0 Å². The molecule has 0 aromatic rings. The molecule has 0 aliphatic heterocycles. The lowest BCUT2D eigenvalue weighted by molar-refractivity contribution is -0.107. The Labute approximate surface area is 77.6 Å². The summed E-state index contributed by atoms with van der Waals surface area (Å²) in [5.41, 5.74) is 0.509. The summed E-state index contributed by atoms with van der Waals surface area (Å²) in [6, 6.07) is 0. The number of hydrogen-bond donors (Lipinski definition) is 0. The number of hydrogen-bond acceptors (Lipinski definition) is 1. The van der Waals surface area contributed by atoms with Crippen LogP contribution in [0.25, 0.3) is 0 Å². The van der Waals surface area contributed by atoms with E-state index in [1.807, 2.05) is 6.92 Å². The SMILES string of the molecule is CCC(C)C(C)(C)C.CCC=O. The standard InChI is InChI=1S/C8H18.C3H6O/c1-6-7(2)8(3,4)5;1-2-3-4/h7H,6H2,1-5H3;3H,2H2,1H3. The zero-order valence-corrected chi connectivity index (χ0v) is 9.48. The molecule has 1 heteroatoms. The van der Waals surface area contributed by atoms with E-state index < -0.39 is 0 Å². The molecule has 0 radical (unpaired) electrons. The van der Waals surface area contributed by atoms with E-state index in [4.69, 9.17) is 0 Å². The second-order valence-corrected chi connectivity index (χ2v) is 4.25. The van der Waals surface area contributed by atoms with Crippen molar-refractivity contribution in [3.63, 3.8) is 0 Å². The highest BCUT2D eigenvalue weighted by molar-refractivity contribution is 5.48. The van der Waals surface area contributed by atoms with Crippen LogP contribution in [-0.2, 0) is 4.79 Å². The molecule has 12 heavy (non-hydrogen) atoms. The van der Waals surface area contributed by atoms with Crippen LogP contribution < -0.4 is 0 Å². The molecule has 0 heterocycles. The van der Waals surface area contributed by atoms with Crippen molar-refractivity contribution in [3.8, 4) is 0 Å². The molecule has 0 amide bonds. The molecular weight excluding hydrogens is 148 g/mol. The van der Waals surface area contributed by atoms with E-state index >= 15 is 0 Å². The molecule has 1 nitrogen and oxygen atoms in total. The van der Waals surface area contributed by atoms with Crippen LogP contribution >= 0.6 is 0 Å². The third-order valence-electron chi connectivity index (χ3n) is 2.26. The van der Waals surface area contributed by atoms with Gasteiger partial charge >= 0.3 is 0 Å². The van der Waals surface area contributed by atoms with E-state index in [0.717, 1.165) is 12.2 Å². The van der Waals surface area contributed by atoms with Gasteiger partial charge in [0.2, 0.25) is 0 Å². The second kappa shape index (κ2) is 7.33. The smallest absolute Gasteiger partial charge is 0.119 e. The number of carbonyl (C=O) groups is 1. The van der Waals surface area contributed by atoms with Crippen molar-refractivity contribution in [2.24, 2.45) is 11.3 Å². The lowest BCUT2D eigenvalue weighted by Gasteiger charge is -2.25. The molecule has 0 aliphatic rings. The summed E-state index contributed by atoms with van der Waals surface area (Å²) < 4.78 is 0. The highest BCUT2D eigenvalue weighted by atomic mass is 16.1. The van der Waals surface area contributed by atoms with Crippen LogP contribution in [0, 0.1) is 11.3 Å². The molecule has 0 spiro atoms. The number of rotatable bonds is 2. The normalized spacial score (nSPS) is 12.8. The first-order valence-corrected chi connectivity index (χ1v) is 4.83. The Balaban J connectivity index is 0. The van der Waals surface area contributed by atoms with E-state index in [-0.39, 0.29) is 0 Å². The molecule has 0 saturated heterocycles. The second-order valence-electron chi connectivity index (χ2n) is 4.25. The summed E-state index contributed by atoms with van der Waals surface area (Å²) in [6.07, 6.45) is 2.81. The molecule has 0 N–H and O–H groups in total. The van der Waals surface area contributed by atoms with Crippen LogP contribution in [0.15, 0.2) is 0 Å². The topological polar surface area (TPSA) is 17.1 Å². The summed E-state index contributed by atoms with van der Waals surface area (Å²) >= 11 is 0. The maximum Gasteiger partial charge on any atom is 0.119 e. The van der Waals surface area contributed by atoms with Gasteiger partial charge in [-0.3, -0.25) is 0 Å². The van der Waals surface area contributed by atoms with Crippen molar-refractivity contribution in [2.45, 2.75) is 54.4 Å². The lowest BCUT2D eigenvalue weighted by Crippen LogP contribution is -2.15. The van der Waals surface area contributed by atoms with Crippen LogP contribution in [-0.4, -0.2) is 6.29 Å². The van der Waals surface area contributed by atoms with E-state index in [9.17, 15) is 4.79 Å². The fourth-order valence-electron chi connectivity index (χ4n) is 0.612. The largest absolute Gasteiger partial charge is 0.303 e. The van der Waals surface area contributed by atoms with E-state index in [1.165, 1.54) is 6.42 Å². The molecule has 0 rings (SSSR count). The lowest BCUT2D eigenvalue weighted by atomic mass is 9.81. The van der Waals surface area contributed by atoms with E-state index in [2.05, 4.69) is 34.6 Å². The Bertz CT molecular complexity index is 100. The van der Waals surface area contributed by atoms with Gasteiger partial charge in [0.25, 0.3) is 0 Å². The van der Waals surface area contributed by atoms with Gasteiger partial charge in [-0.15, -0.1) is 0 Å². The predicted octanol–water partition coefficient (Wildman–Crippen LogP) is 3.67. The van der Waals surface area contributed by atoms with Crippen LogP contribution in [0.5, 0.6) is 0 Å². The van der Waals surface area contributed by atoms with Crippen LogP contribution in [0.1, 0.15) is 54.4 Å². The predicted molar refractivity (Wildman–Crippen MR) is 55.3 cm³/mol. The monoisotopic (exact) mass is 172 g/mol. The summed E-state index contributed by atoms with van der Waals surface area (Å²) in [6.45, 7) is 13.2. The first-order valence-electron chi connectivity index (χ1n) is 4.83. The van der Waals surface area contributed by atoms with Crippen molar-refractivity contribution in [2.75, 3.05) is 0 Å². The molecule has 74 valence electrons. The van der Waals surface area contributed by atoms with Gasteiger partial charge in [-0.25, -0.2) is 0 Å². The van der Waals surface area contributed by atoms with Gasteiger partial charge in [-0.2, -0.15) is 0 Å². The summed E-state index contributed by atoms with van der Waals surface area (Å²) in [4.78, 5) is 9.17. The highest BCUT2D eigenvalue weighted by Crippen LogP contribution is 2.27. The summed E-state index contributed by atoms with van der Waals surface area (Å²) in [7, 11) is 0. The van der Waals surface area contributed by atoms with Gasteiger partial charge in [-0.05, 0) is 11.3 Å². The summed E-state index contributed by atoms with van der Waals surface area (Å²) in [5.74, 6) is 0.850. The van der Waals surface area contributed by atoms with Crippen molar-refractivity contribution >= 4 is 6.29 Å². The van der Waals surface area contributed by atoms with Gasteiger partial charge in [-0.1, -0.05) is 48.0 Å². The van der Waals surface area contributed by atoms with Crippen LogP contribution in [0.3, 0.4) is 0 Å². The molecule has 0 aliphatic carbocycles. The molecule has 0 aromatic heterocycles. The zero-order chi connectivity index (χ0) is 10.2. The van der Waals surface area contributed by atoms with Gasteiger partial charge < -0.3 is 4.79 Å². The minimum atomic E-state index is 0.509. The van der Waals surface area contributed by atoms with Gasteiger partial charge in [0.15, 0.2) is 0 Å². The fourth-order valence-corrected chi connectivity index (χ4v) is 0.612.